The van der Waals surface area contributed by atoms with Crippen LogP contribution in [0.3, 0.4) is 0 Å². The maximum Gasteiger partial charge on any atom is 0.405 e. The molecule has 5 heteroatoms. The number of allylic oxidation sites excluding steroid dienone is 2. The van der Waals surface area contributed by atoms with E-state index in [2.05, 4.69) is 0 Å². The van der Waals surface area contributed by atoms with E-state index in [1.807, 2.05) is 30.3 Å². The average Bonchev–Trinajstić information content (AvgIpc) is 2.41. The van der Waals surface area contributed by atoms with Crippen LogP contribution in [0.1, 0.15) is 25.8 Å². The summed E-state index contributed by atoms with van der Waals surface area (Å²) in [6, 6.07) is 8.79. The summed E-state index contributed by atoms with van der Waals surface area (Å²) in [6.07, 6.45) is 3.84. The lowest BCUT2D eigenvalue weighted by Gasteiger charge is -2.36. The van der Waals surface area contributed by atoms with Gasteiger partial charge < -0.3 is 16.2 Å². The number of benzene rings is 1. The second-order valence-electron chi connectivity index (χ2n) is 6.13. The lowest BCUT2D eigenvalue weighted by molar-refractivity contribution is 0.00119. The zero-order chi connectivity index (χ0) is 16.4. The highest BCUT2D eigenvalue weighted by Gasteiger charge is 2.42. The van der Waals surface area contributed by atoms with Gasteiger partial charge in [0.25, 0.3) is 0 Å². The SMILES string of the molecule is CC(C)(CC1(F)C=CC(c2ccccc2)=CC1N)OC(N)=O. The highest BCUT2D eigenvalue weighted by Crippen LogP contribution is 2.36. The molecule has 4 N–H and O–H groups in total. The second-order valence-corrected chi connectivity index (χ2v) is 6.13. The van der Waals surface area contributed by atoms with Crippen molar-refractivity contribution in [2.75, 3.05) is 0 Å². The molecule has 0 fully saturated rings. The van der Waals surface area contributed by atoms with Crippen LogP contribution < -0.4 is 11.5 Å². The van der Waals surface area contributed by atoms with E-state index in [0.29, 0.717) is 0 Å². The van der Waals surface area contributed by atoms with E-state index in [1.54, 1.807) is 26.0 Å². The number of carbonyl (C=O) groups excluding carboxylic acids is 1. The number of alkyl halides is 1. The minimum atomic E-state index is -1.79. The van der Waals surface area contributed by atoms with E-state index in [-0.39, 0.29) is 6.42 Å². The number of amides is 1. The molecule has 1 aliphatic carbocycles. The van der Waals surface area contributed by atoms with Gasteiger partial charge in [-0.1, -0.05) is 42.5 Å². The first-order chi connectivity index (χ1) is 10.2. The van der Waals surface area contributed by atoms with Gasteiger partial charge in [0.15, 0.2) is 5.67 Å². The van der Waals surface area contributed by atoms with Gasteiger partial charge in [0.05, 0.1) is 6.04 Å². The van der Waals surface area contributed by atoms with Crippen molar-refractivity contribution in [1.82, 2.24) is 0 Å². The van der Waals surface area contributed by atoms with Gasteiger partial charge in [-0.15, -0.1) is 0 Å². The first-order valence-corrected chi connectivity index (χ1v) is 7.11. The van der Waals surface area contributed by atoms with Crippen molar-refractivity contribution in [3.05, 3.63) is 54.1 Å². The zero-order valence-electron chi connectivity index (χ0n) is 12.8. The van der Waals surface area contributed by atoms with Gasteiger partial charge in [0, 0.05) is 6.42 Å². The van der Waals surface area contributed by atoms with Gasteiger partial charge in [-0.2, -0.15) is 0 Å². The van der Waals surface area contributed by atoms with Crippen molar-refractivity contribution < 1.29 is 13.9 Å². The molecule has 22 heavy (non-hydrogen) atoms. The van der Waals surface area contributed by atoms with Crippen LogP contribution in [-0.4, -0.2) is 23.4 Å². The van der Waals surface area contributed by atoms with Crippen molar-refractivity contribution in [3.63, 3.8) is 0 Å². The monoisotopic (exact) mass is 304 g/mol. The third kappa shape index (κ3) is 3.74. The number of hydrogen-bond acceptors (Lipinski definition) is 3. The fourth-order valence-corrected chi connectivity index (χ4v) is 2.69. The number of carbonyl (C=O) groups is 1. The lowest BCUT2D eigenvalue weighted by atomic mass is 9.80. The molecule has 0 aromatic heterocycles. The standard InChI is InChI=1S/C17H21FN2O2/c1-16(2,22-15(20)21)11-17(18)9-8-13(10-14(17)19)12-6-4-3-5-7-12/h3-10,14H,11,19H2,1-2H3,(H2,20,21). The first kappa shape index (κ1) is 16.2. The Morgan fingerprint density at radius 1 is 1.36 bits per heavy atom. The van der Waals surface area contributed by atoms with Gasteiger partial charge >= 0.3 is 6.09 Å². The summed E-state index contributed by atoms with van der Waals surface area (Å²) in [5.74, 6) is 0. The van der Waals surface area contributed by atoms with Crippen LogP contribution in [0.15, 0.2) is 48.6 Å². The average molecular weight is 304 g/mol. The molecule has 0 aliphatic heterocycles. The number of nitrogens with two attached hydrogens (primary N) is 2. The number of halogens is 1. The van der Waals surface area contributed by atoms with E-state index in [9.17, 15) is 4.79 Å². The molecule has 1 aromatic rings. The van der Waals surface area contributed by atoms with Crippen molar-refractivity contribution >= 4 is 11.7 Å². The molecule has 0 radical (unpaired) electrons. The Balaban J connectivity index is 2.17. The molecule has 0 spiro atoms. The predicted molar refractivity (Wildman–Crippen MR) is 84.7 cm³/mol. The molecular formula is C17H21FN2O2. The van der Waals surface area contributed by atoms with Crippen LogP contribution >= 0.6 is 0 Å². The van der Waals surface area contributed by atoms with Gasteiger partial charge in [0.1, 0.15) is 5.60 Å². The van der Waals surface area contributed by atoms with Crippen molar-refractivity contribution in [3.8, 4) is 0 Å². The molecule has 1 aromatic carbocycles. The Bertz CT molecular complexity index is 610. The van der Waals surface area contributed by atoms with E-state index in [0.717, 1.165) is 11.1 Å². The van der Waals surface area contributed by atoms with Crippen molar-refractivity contribution in [2.24, 2.45) is 11.5 Å². The van der Waals surface area contributed by atoms with E-state index in [4.69, 9.17) is 16.2 Å². The molecule has 4 nitrogen and oxygen atoms in total. The van der Waals surface area contributed by atoms with Crippen LogP contribution in [-0.2, 0) is 4.74 Å². The molecule has 0 saturated carbocycles. The minimum absolute atomic E-state index is 0.0703. The van der Waals surface area contributed by atoms with Crippen molar-refractivity contribution in [1.29, 1.82) is 0 Å². The van der Waals surface area contributed by atoms with Gasteiger partial charge in [-0.25, -0.2) is 9.18 Å². The molecule has 1 aliphatic rings. The highest BCUT2D eigenvalue weighted by molar-refractivity contribution is 5.76. The topological polar surface area (TPSA) is 78.3 Å². The third-order valence-electron chi connectivity index (χ3n) is 3.63. The summed E-state index contributed by atoms with van der Waals surface area (Å²) in [5, 5.41) is 0. The second kappa shape index (κ2) is 5.93. The third-order valence-corrected chi connectivity index (χ3v) is 3.63. The quantitative estimate of drug-likeness (QED) is 0.897. The zero-order valence-corrected chi connectivity index (χ0v) is 12.8. The predicted octanol–water partition coefficient (Wildman–Crippen LogP) is 2.94. The van der Waals surface area contributed by atoms with E-state index in [1.165, 1.54) is 6.08 Å². The minimum Gasteiger partial charge on any atom is -0.444 e. The number of ether oxygens (including phenoxy) is 1. The Hall–Kier alpha value is -2.14. The maximum absolute atomic E-state index is 15.1. The van der Waals surface area contributed by atoms with Crippen LogP contribution in [0.2, 0.25) is 0 Å². The van der Waals surface area contributed by atoms with Gasteiger partial charge in [-0.05, 0) is 31.1 Å². The van der Waals surface area contributed by atoms with E-state index < -0.39 is 23.4 Å². The van der Waals surface area contributed by atoms with Crippen LogP contribution in [0.4, 0.5) is 9.18 Å². The van der Waals surface area contributed by atoms with Crippen LogP contribution in [0.5, 0.6) is 0 Å². The van der Waals surface area contributed by atoms with E-state index >= 15 is 4.39 Å². The van der Waals surface area contributed by atoms with Crippen LogP contribution in [0.25, 0.3) is 5.57 Å². The molecule has 2 rings (SSSR count). The summed E-state index contributed by atoms with van der Waals surface area (Å²) in [7, 11) is 0. The summed E-state index contributed by atoms with van der Waals surface area (Å²) < 4.78 is 20.1. The Kier molecular flexibility index (Phi) is 4.37. The fraction of sp³-hybridized carbons (Fsp3) is 0.353. The first-order valence-electron chi connectivity index (χ1n) is 7.11. The molecular weight excluding hydrogens is 283 g/mol. The Morgan fingerprint density at radius 3 is 2.55 bits per heavy atom. The maximum atomic E-state index is 15.1. The largest absolute Gasteiger partial charge is 0.444 e. The highest BCUT2D eigenvalue weighted by atomic mass is 19.1. The van der Waals surface area contributed by atoms with Gasteiger partial charge in [-0.3, -0.25) is 0 Å². The number of hydrogen-bond donors (Lipinski definition) is 2. The molecule has 2 atom stereocenters. The Labute approximate surface area is 129 Å². The smallest absolute Gasteiger partial charge is 0.405 e. The number of primary amides is 1. The molecule has 0 heterocycles. The number of rotatable bonds is 4. The molecule has 0 saturated heterocycles. The van der Waals surface area contributed by atoms with Gasteiger partial charge in [0.2, 0.25) is 0 Å². The fourth-order valence-electron chi connectivity index (χ4n) is 2.69. The molecule has 2 unspecified atom stereocenters. The molecule has 118 valence electrons. The Morgan fingerprint density at radius 2 is 2.00 bits per heavy atom. The summed E-state index contributed by atoms with van der Waals surface area (Å²) in [5.41, 5.74) is 10.0. The van der Waals surface area contributed by atoms with Crippen molar-refractivity contribution in [2.45, 2.75) is 37.6 Å². The summed E-state index contributed by atoms with van der Waals surface area (Å²) >= 11 is 0. The summed E-state index contributed by atoms with van der Waals surface area (Å²) in [6.45, 7) is 3.21. The molecule has 0 bridgehead atoms. The lowest BCUT2D eigenvalue weighted by Crippen LogP contribution is -2.49. The summed E-state index contributed by atoms with van der Waals surface area (Å²) in [4.78, 5) is 10.9. The van der Waals surface area contributed by atoms with Crippen LogP contribution in [0, 0.1) is 0 Å². The normalized spacial score (nSPS) is 24.7. The molecule has 1 amide bonds.